The van der Waals surface area contributed by atoms with E-state index in [0.717, 1.165) is 60.1 Å². The quantitative estimate of drug-likeness (QED) is 0.0673. The average molecular weight is 1060 g/mol. The minimum atomic E-state index is -5.12. The molecule has 0 saturated heterocycles. The number of hydrogen-bond acceptors (Lipinski definition) is 1. The first-order valence-electron chi connectivity index (χ1n) is 26.4. The van der Waals surface area contributed by atoms with Crippen LogP contribution in [0.4, 0.5) is 17.6 Å². The molecule has 2 unspecified atom stereocenters. The average Bonchev–Trinajstić information content (AvgIpc) is 2.51. The molecule has 1 nitrogen and oxygen atoms in total. The fourth-order valence-corrected chi connectivity index (χ4v) is 13.0. The molecule has 0 bridgehead atoms. The van der Waals surface area contributed by atoms with Gasteiger partial charge in [0.05, 0.1) is 12.5 Å². The highest BCUT2D eigenvalue weighted by Crippen LogP contribution is 2.63. The van der Waals surface area contributed by atoms with Gasteiger partial charge in [0.25, 0.3) is 0 Å². The predicted molar refractivity (Wildman–Crippen MR) is 317 cm³/mol. The zero-order valence-electron chi connectivity index (χ0n) is 43.7. The maximum atomic E-state index is 20.5. The van der Waals surface area contributed by atoms with E-state index in [-0.39, 0.29) is 33.4 Å². The van der Waals surface area contributed by atoms with Crippen LogP contribution in [0.3, 0.4) is 0 Å². The van der Waals surface area contributed by atoms with Crippen molar-refractivity contribution in [2.45, 2.75) is 36.0 Å². The Labute approximate surface area is 463 Å². The summed E-state index contributed by atoms with van der Waals surface area (Å²) in [5.74, 6) is 0.372. The van der Waals surface area contributed by atoms with Gasteiger partial charge in [0.2, 0.25) is 5.13 Å². The minimum absolute atomic E-state index is 0.00370. The van der Waals surface area contributed by atoms with Gasteiger partial charge in [0, 0.05) is 11.1 Å². The molecule has 0 aliphatic heterocycles. The van der Waals surface area contributed by atoms with Crippen LogP contribution < -0.4 is 4.74 Å². The van der Waals surface area contributed by atoms with E-state index in [1.54, 1.807) is 91.0 Å². The summed E-state index contributed by atoms with van der Waals surface area (Å²) in [5, 5.41) is 2.12. The highest BCUT2D eigenvalue weighted by Gasteiger charge is 2.61. The van der Waals surface area contributed by atoms with Gasteiger partial charge in [-0.05, 0) is 125 Å². The van der Waals surface area contributed by atoms with Crippen molar-refractivity contribution in [2.24, 2.45) is 0 Å². The van der Waals surface area contributed by atoms with Gasteiger partial charge >= 0.3 is 6.18 Å². The van der Waals surface area contributed by atoms with Crippen LogP contribution >= 0.6 is 11.6 Å². The summed E-state index contributed by atoms with van der Waals surface area (Å²) in [4.78, 5) is 0. The molecule has 0 aliphatic rings. The number of rotatable bonds is 12. The molecule has 0 aromatic heterocycles. The lowest BCUT2D eigenvalue weighted by molar-refractivity contribution is -0.166. The second-order valence-electron chi connectivity index (χ2n) is 20.4. The van der Waals surface area contributed by atoms with Gasteiger partial charge in [-0.25, -0.2) is 4.39 Å². The Morgan fingerprint density at radius 2 is 0.848 bits per heavy atom. The highest BCUT2D eigenvalue weighted by molar-refractivity contribution is 6.26. The Bertz CT molecular complexity index is 4120. The third kappa shape index (κ3) is 8.29. The van der Waals surface area contributed by atoms with Gasteiger partial charge in [0.15, 0.2) is 0 Å². The van der Waals surface area contributed by atoms with Gasteiger partial charge in [-0.2, -0.15) is 13.2 Å². The van der Waals surface area contributed by atoms with Gasteiger partial charge in [-0.15, -0.1) is 0 Å². The predicted octanol–water partition coefficient (Wildman–Crippen LogP) is 19.8. The smallest absolute Gasteiger partial charge is 0.406 e. The summed E-state index contributed by atoms with van der Waals surface area (Å²) in [7, 11) is 1.49. The molecular weight excluding hydrogens is 1000 g/mol. The minimum Gasteiger partial charge on any atom is -0.497 e. The van der Waals surface area contributed by atoms with Crippen molar-refractivity contribution in [1.82, 2.24) is 0 Å². The standard InChI is InChI=1S/C73H53ClF4O/c1-48-40-45-62(49(2)46-48)70(63-38-20-28-51-23-14-17-35-59(51)63,64-39-21-29-52-24-15-18-36-60(52)64)65-47-66(71(73(76,77)78,54-30-9-5-10-31-54)55-41-43-57(79-3)44-42-55)67(53-25-7-4-8-26-53)69(72(74,75)56-32-11-6-12-33-56)68(65)61-37-19-27-50-22-13-16-34-58(50)61/h4-47H,1-3H3. The molecule has 0 amide bonds. The molecule has 386 valence electrons. The van der Waals surface area contributed by atoms with E-state index < -0.39 is 22.1 Å². The number of fused-ring (bicyclic) bond motifs is 3. The van der Waals surface area contributed by atoms with Crippen molar-refractivity contribution in [1.29, 1.82) is 0 Å². The number of ether oxygens (including phenoxy) is 1. The van der Waals surface area contributed by atoms with E-state index in [1.807, 2.05) is 91.9 Å². The molecule has 79 heavy (non-hydrogen) atoms. The molecule has 0 fully saturated rings. The zero-order valence-corrected chi connectivity index (χ0v) is 44.5. The van der Waals surface area contributed by atoms with Crippen molar-refractivity contribution in [2.75, 3.05) is 7.11 Å². The van der Waals surface area contributed by atoms with Crippen LogP contribution in [0.15, 0.2) is 267 Å². The van der Waals surface area contributed by atoms with Gasteiger partial charge in [-0.3, -0.25) is 0 Å². The monoisotopic (exact) mass is 1060 g/mol. The number of alkyl halides is 5. The van der Waals surface area contributed by atoms with E-state index in [2.05, 4.69) is 73.7 Å². The number of aryl methyl sites for hydroxylation is 2. The van der Waals surface area contributed by atoms with Crippen LogP contribution in [0.2, 0.25) is 0 Å². The van der Waals surface area contributed by atoms with Gasteiger partial charge < -0.3 is 4.74 Å². The maximum absolute atomic E-state index is 20.5. The molecule has 2 atom stereocenters. The van der Waals surface area contributed by atoms with E-state index >= 15 is 17.6 Å². The number of methoxy groups -OCH3 is 1. The molecule has 6 heteroatoms. The maximum Gasteiger partial charge on any atom is 0.406 e. The summed E-state index contributed by atoms with van der Waals surface area (Å²) in [6.07, 6.45) is -5.12. The Balaban J connectivity index is 1.49. The van der Waals surface area contributed by atoms with Crippen LogP contribution in [0.1, 0.15) is 61.2 Å². The third-order valence-electron chi connectivity index (χ3n) is 16.0. The van der Waals surface area contributed by atoms with Crippen molar-refractivity contribution >= 4 is 43.9 Å². The first kappa shape index (κ1) is 51.0. The molecular formula is C73H53ClF4O. The lowest BCUT2D eigenvalue weighted by Gasteiger charge is -2.45. The number of hydrogen-bond donors (Lipinski definition) is 0. The highest BCUT2D eigenvalue weighted by atomic mass is 35.5. The van der Waals surface area contributed by atoms with Gasteiger partial charge in [-0.1, -0.05) is 272 Å². The third-order valence-corrected chi connectivity index (χ3v) is 16.4. The molecule has 12 rings (SSSR count). The molecule has 12 aromatic carbocycles. The van der Waals surface area contributed by atoms with E-state index in [9.17, 15) is 0 Å². The van der Waals surface area contributed by atoms with Crippen molar-refractivity contribution < 1.29 is 22.3 Å². The Kier molecular flexibility index (Phi) is 13.1. The van der Waals surface area contributed by atoms with E-state index in [1.165, 1.54) is 31.4 Å². The number of halogens is 5. The normalized spacial score (nSPS) is 13.5. The second-order valence-corrected chi connectivity index (χ2v) is 20.9. The molecule has 0 heterocycles. The summed E-state index contributed by atoms with van der Waals surface area (Å²) < 4.78 is 81.5. The Morgan fingerprint density at radius 3 is 1.39 bits per heavy atom. The Hall–Kier alpha value is -8.77. The largest absolute Gasteiger partial charge is 0.497 e. The number of benzene rings is 12. The van der Waals surface area contributed by atoms with Crippen molar-refractivity contribution in [3.63, 3.8) is 0 Å². The lowest BCUT2D eigenvalue weighted by atomic mass is 9.57. The fourth-order valence-electron chi connectivity index (χ4n) is 12.7. The first-order chi connectivity index (χ1) is 38.4. The molecule has 0 radical (unpaired) electrons. The molecule has 0 N–H and O–H groups in total. The van der Waals surface area contributed by atoms with Gasteiger partial charge in [0.1, 0.15) is 11.2 Å². The summed E-state index contributed by atoms with van der Waals surface area (Å²) >= 11 is 8.05. The topological polar surface area (TPSA) is 9.23 Å². The Morgan fingerprint density at radius 1 is 0.380 bits per heavy atom. The molecule has 0 spiro atoms. The van der Waals surface area contributed by atoms with Crippen LogP contribution in [0.5, 0.6) is 5.75 Å². The molecule has 12 aromatic rings. The first-order valence-corrected chi connectivity index (χ1v) is 26.8. The zero-order chi connectivity index (χ0) is 54.5. The van der Waals surface area contributed by atoms with Crippen molar-refractivity contribution in [3.8, 4) is 28.0 Å². The van der Waals surface area contributed by atoms with Crippen LogP contribution in [-0.4, -0.2) is 13.3 Å². The summed E-state index contributed by atoms with van der Waals surface area (Å²) in [6, 6.07) is 82.0. The molecule has 0 aliphatic carbocycles. The fraction of sp³-hybridized carbons (Fsp3) is 0.0959. The SMILES string of the molecule is COc1ccc(C(c2ccccc2)(c2cc(C(c3ccc(C)cc3C)(c3cccc4ccccc34)c3cccc4ccccc34)c(-c3cccc4ccccc34)c(C(F)(Cl)c3ccccc3)c2-c2ccccc2)C(F)(F)F)cc1. The summed E-state index contributed by atoms with van der Waals surface area (Å²) in [6.45, 7) is 4.11. The lowest BCUT2D eigenvalue weighted by Crippen LogP contribution is -2.46. The van der Waals surface area contributed by atoms with E-state index in [0.29, 0.717) is 28.0 Å². The van der Waals surface area contributed by atoms with Crippen LogP contribution in [0.25, 0.3) is 54.6 Å². The van der Waals surface area contributed by atoms with Crippen molar-refractivity contribution in [3.05, 3.63) is 328 Å². The summed E-state index contributed by atoms with van der Waals surface area (Å²) in [5.41, 5.74) is 0.778. The second kappa shape index (κ2) is 20.2. The van der Waals surface area contributed by atoms with Crippen LogP contribution in [-0.2, 0) is 16.0 Å². The molecule has 0 saturated carbocycles. The van der Waals surface area contributed by atoms with Crippen LogP contribution in [0, 0.1) is 13.8 Å². The van der Waals surface area contributed by atoms with E-state index in [4.69, 9.17) is 16.3 Å².